The van der Waals surface area contributed by atoms with Crippen LogP contribution in [0.2, 0.25) is 0 Å². The van der Waals surface area contributed by atoms with E-state index in [-0.39, 0.29) is 11.1 Å². The summed E-state index contributed by atoms with van der Waals surface area (Å²) in [5.74, 6) is -1.79. The number of carbonyl (C=O) groups is 3. The van der Waals surface area contributed by atoms with Crippen molar-refractivity contribution in [1.29, 1.82) is 0 Å². The molecule has 0 bridgehead atoms. The predicted molar refractivity (Wildman–Crippen MR) is 50.0 cm³/mol. The second kappa shape index (κ2) is 4.23. The van der Waals surface area contributed by atoms with E-state index in [1.807, 2.05) is 0 Å². The van der Waals surface area contributed by atoms with Gasteiger partial charge in [0, 0.05) is 0 Å². The largest absolute Gasteiger partial charge is 0.412 e. The quantitative estimate of drug-likeness (QED) is 0.526. The molecule has 15 heavy (non-hydrogen) atoms. The Hall–Kier alpha value is -2.37. The maximum atomic E-state index is 11.2. The van der Waals surface area contributed by atoms with Gasteiger partial charge in [-0.2, -0.15) is 0 Å². The molecule has 0 heterocycles. The number of rotatable bonds is 2. The van der Waals surface area contributed by atoms with Crippen molar-refractivity contribution in [2.24, 2.45) is 11.5 Å². The SMILES string of the molecule is NC(=O)OC(=O)c1ccccc1C(N)=O. The van der Waals surface area contributed by atoms with E-state index >= 15 is 0 Å². The minimum Gasteiger partial charge on any atom is -0.373 e. The van der Waals surface area contributed by atoms with Crippen LogP contribution in [-0.4, -0.2) is 18.0 Å². The molecule has 2 amide bonds. The third-order valence-corrected chi connectivity index (χ3v) is 1.61. The van der Waals surface area contributed by atoms with Crippen LogP contribution in [0.3, 0.4) is 0 Å². The highest BCUT2D eigenvalue weighted by Crippen LogP contribution is 2.09. The minimum atomic E-state index is -1.24. The van der Waals surface area contributed by atoms with Gasteiger partial charge in [-0.3, -0.25) is 4.79 Å². The van der Waals surface area contributed by atoms with E-state index < -0.39 is 18.0 Å². The van der Waals surface area contributed by atoms with Gasteiger partial charge in [-0.05, 0) is 12.1 Å². The maximum absolute atomic E-state index is 11.2. The molecular formula is C9H8N2O4. The number of hydrogen-bond acceptors (Lipinski definition) is 4. The number of amides is 2. The van der Waals surface area contributed by atoms with Gasteiger partial charge in [0.25, 0.3) is 0 Å². The first-order valence-corrected chi connectivity index (χ1v) is 3.93. The van der Waals surface area contributed by atoms with Crippen molar-refractivity contribution in [1.82, 2.24) is 0 Å². The zero-order valence-corrected chi connectivity index (χ0v) is 7.60. The van der Waals surface area contributed by atoms with Gasteiger partial charge in [0.1, 0.15) is 0 Å². The summed E-state index contributed by atoms with van der Waals surface area (Å²) in [5, 5.41) is 0. The lowest BCUT2D eigenvalue weighted by molar-refractivity contribution is 0.0634. The van der Waals surface area contributed by atoms with Crippen LogP contribution in [0.15, 0.2) is 24.3 Å². The Bertz CT molecular complexity index is 428. The number of carbonyl (C=O) groups excluding carboxylic acids is 3. The third kappa shape index (κ3) is 2.53. The molecule has 0 aliphatic carbocycles. The Morgan fingerprint density at radius 1 is 1.00 bits per heavy atom. The van der Waals surface area contributed by atoms with Crippen LogP contribution >= 0.6 is 0 Å². The third-order valence-electron chi connectivity index (χ3n) is 1.61. The zero-order chi connectivity index (χ0) is 11.4. The van der Waals surface area contributed by atoms with Crippen molar-refractivity contribution < 1.29 is 19.1 Å². The van der Waals surface area contributed by atoms with Crippen molar-refractivity contribution in [2.75, 3.05) is 0 Å². The standard InChI is InChI=1S/C9H8N2O4/c10-7(12)5-3-1-2-4-6(5)8(13)15-9(11)14/h1-4H,(H2,10,12)(H2,11,14). The molecule has 0 unspecified atom stereocenters. The lowest BCUT2D eigenvalue weighted by Crippen LogP contribution is -2.22. The summed E-state index contributed by atoms with van der Waals surface area (Å²) in [5.41, 5.74) is 9.56. The van der Waals surface area contributed by atoms with Gasteiger partial charge in [-0.1, -0.05) is 12.1 Å². The Balaban J connectivity index is 3.08. The highest BCUT2D eigenvalue weighted by molar-refractivity contribution is 6.06. The highest BCUT2D eigenvalue weighted by atomic mass is 16.6. The van der Waals surface area contributed by atoms with E-state index in [4.69, 9.17) is 5.73 Å². The van der Waals surface area contributed by atoms with Gasteiger partial charge < -0.3 is 16.2 Å². The average Bonchev–Trinajstić information content (AvgIpc) is 2.16. The van der Waals surface area contributed by atoms with Gasteiger partial charge >= 0.3 is 12.1 Å². The molecule has 6 nitrogen and oxygen atoms in total. The fourth-order valence-corrected chi connectivity index (χ4v) is 1.02. The van der Waals surface area contributed by atoms with Crippen LogP contribution in [-0.2, 0) is 4.74 Å². The number of ether oxygens (including phenoxy) is 1. The zero-order valence-electron chi connectivity index (χ0n) is 7.60. The Morgan fingerprint density at radius 2 is 1.53 bits per heavy atom. The summed E-state index contributed by atoms with van der Waals surface area (Å²) >= 11 is 0. The molecule has 0 fully saturated rings. The van der Waals surface area contributed by atoms with E-state index in [0.29, 0.717) is 0 Å². The summed E-state index contributed by atoms with van der Waals surface area (Å²) in [7, 11) is 0. The molecule has 1 rings (SSSR count). The van der Waals surface area contributed by atoms with Crippen LogP contribution in [0.25, 0.3) is 0 Å². The molecule has 0 aliphatic heterocycles. The Labute approximate surface area is 84.8 Å². The van der Waals surface area contributed by atoms with Crippen molar-refractivity contribution >= 4 is 18.0 Å². The first kappa shape index (κ1) is 10.7. The number of hydrogen-bond donors (Lipinski definition) is 2. The van der Waals surface area contributed by atoms with Crippen LogP contribution < -0.4 is 11.5 Å². The van der Waals surface area contributed by atoms with E-state index in [0.717, 1.165) is 0 Å². The van der Waals surface area contributed by atoms with Gasteiger partial charge in [-0.25, -0.2) is 9.59 Å². The summed E-state index contributed by atoms with van der Waals surface area (Å²) in [6, 6.07) is 5.69. The van der Waals surface area contributed by atoms with E-state index in [9.17, 15) is 14.4 Å². The Morgan fingerprint density at radius 3 is 2.00 bits per heavy atom. The smallest absolute Gasteiger partial charge is 0.373 e. The normalized spacial score (nSPS) is 9.33. The Kier molecular flexibility index (Phi) is 3.02. The molecule has 0 aromatic heterocycles. The predicted octanol–water partition coefficient (Wildman–Crippen LogP) is 0.0210. The molecule has 0 saturated heterocycles. The van der Waals surface area contributed by atoms with Crippen LogP contribution in [0, 0.1) is 0 Å². The van der Waals surface area contributed by atoms with Gasteiger partial charge in [0.05, 0.1) is 11.1 Å². The average molecular weight is 208 g/mol. The first-order valence-electron chi connectivity index (χ1n) is 3.93. The fraction of sp³-hybridized carbons (Fsp3) is 0. The van der Waals surface area contributed by atoms with Crippen LogP contribution in [0.4, 0.5) is 4.79 Å². The molecule has 1 aromatic carbocycles. The van der Waals surface area contributed by atoms with Crippen LogP contribution in [0.5, 0.6) is 0 Å². The molecule has 0 radical (unpaired) electrons. The monoisotopic (exact) mass is 208 g/mol. The first-order chi connectivity index (χ1) is 7.02. The number of primary amides is 2. The number of esters is 1. The fourth-order valence-electron chi connectivity index (χ4n) is 1.02. The summed E-state index contributed by atoms with van der Waals surface area (Å²) < 4.78 is 4.12. The second-order valence-electron chi connectivity index (χ2n) is 2.62. The molecule has 78 valence electrons. The van der Waals surface area contributed by atoms with E-state index in [2.05, 4.69) is 10.5 Å². The summed E-state index contributed by atoms with van der Waals surface area (Å²) in [4.78, 5) is 32.5. The van der Waals surface area contributed by atoms with Crippen molar-refractivity contribution in [3.05, 3.63) is 35.4 Å². The van der Waals surface area contributed by atoms with Crippen molar-refractivity contribution in [3.63, 3.8) is 0 Å². The molecule has 0 aliphatic rings. The van der Waals surface area contributed by atoms with Crippen molar-refractivity contribution in [2.45, 2.75) is 0 Å². The number of benzene rings is 1. The van der Waals surface area contributed by atoms with E-state index in [1.54, 1.807) is 0 Å². The molecule has 0 spiro atoms. The molecule has 0 atom stereocenters. The lowest BCUT2D eigenvalue weighted by Gasteiger charge is -2.03. The molecule has 1 aromatic rings. The second-order valence-corrected chi connectivity index (χ2v) is 2.62. The lowest BCUT2D eigenvalue weighted by atomic mass is 10.1. The molecule has 4 N–H and O–H groups in total. The van der Waals surface area contributed by atoms with Crippen molar-refractivity contribution in [3.8, 4) is 0 Å². The van der Waals surface area contributed by atoms with Gasteiger partial charge in [0.2, 0.25) is 5.91 Å². The maximum Gasteiger partial charge on any atom is 0.412 e. The van der Waals surface area contributed by atoms with Crippen LogP contribution in [0.1, 0.15) is 20.7 Å². The summed E-state index contributed by atoms with van der Waals surface area (Å²) in [6.07, 6.45) is -1.24. The minimum absolute atomic E-state index is 0.0243. The number of nitrogens with two attached hydrogens (primary N) is 2. The molecule has 6 heteroatoms. The molecular weight excluding hydrogens is 200 g/mol. The van der Waals surface area contributed by atoms with Gasteiger partial charge in [0.15, 0.2) is 0 Å². The highest BCUT2D eigenvalue weighted by Gasteiger charge is 2.17. The summed E-state index contributed by atoms with van der Waals surface area (Å²) in [6.45, 7) is 0. The molecule has 0 saturated carbocycles. The topological polar surface area (TPSA) is 112 Å². The van der Waals surface area contributed by atoms with Gasteiger partial charge in [-0.15, -0.1) is 0 Å². The van der Waals surface area contributed by atoms with E-state index in [1.165, 1.54) is 24.3 Å².